The van der Waals surface area contributed by atoms with Gasteiger partial charge in [-0.3, -0.25) is 9.69 Å². The molecule has 2 N–H and O–H groups in total. The predicted octanol–water partition coefficient (Wildman–Crippen LogP) is 3.70. The van der Waals surface area contributed by atoms with Crippen LogP contribution in [0.2, 0.25) is 0 Å². The van der Waals surface area contributed by atoms with Gasteiger partial charge in [0.2, 0.25) is 0 Å². The van der Waals surface area contributed by atoms with E-state index in [2.05, 4.69) is 0 Å². The van der Waals surface area contributed by atoms with Gasteiger partial charge in [0.15, 0.2) is 5.11 Å². The Hall–Kier alpha value is -2.85. The SMILES string of the molecule is CC1(C)C(=O)N(c2ccc(C#N)c(C(F)(F)F)c2)C(=S)N1c1ccc2c(c1)SC[C@H](C(O)CO)O2. The molecule has 0 spiro atoms. The molecule has 0 aromatic heterocycles. The van der Waals surface area contributed by atoms with Gasteiger partial charge in [0.05, 0.1) is 34.4 Å². The van der Waals surface area contributed by atoms with Crippen molar-refractivity contribution in [2.45, 2.75) is 42.7 Å². The van der Waals surface area contributed by atoms with Crippen molar-refractivity contribution in [1.82, 2.24) is 0 Å². The Kier molecular flexibility index (Phi) is 6.48. The second-order valence-corrected chi connectivity index (χ2v) is 9.93. The van der Waals surface area contributed by atoms with Crippen LogP contribution in [0.5, 0.6) is 5.75 Å². The van der Waals surface area contributed by atoms with Gasteiger partial charge in [0, 0.05) is 11.4 Å². The molecule has 2 aliphatic rings. The minimum atomic E-state index is -4.78. The lowest BCUT2D eigenvalue weighted by molar-refractivity contribution is -0.137. The van der Waals surface area contributed by atoms with Gasteiger partial charge in [-0.15, -0.1) is 11.8 Å². The number of carbonyl (C=O) groups is 1. The molecule has 0 aliphatic carbocycles. The van der Waals surface area contributed by atoms with Gasteiger partial charge in [0.1, 0.15) is 23.5 Å². The Labute approximate surface area is 208 Å². The number of benzene rings is 2. The van der Waals surface area contributed by atoms with Gasteiger partial charge < -0.3 is 19.8 Å². The highest BCUT2D eigenvalue weighted by Crippen LogP contribution is 2.43. The molecule has 184 valence electrons. The minimum Gasteiger partial charge on any atom is -0.486 e. The lowest BCUT2D eigenvalue weighted by Gasteiger charge is -2.32. The Morgan fingerprint density at radius 1 is 1.29 bits per heavy atom. The quantitative estimate of drug-likeness (QED) is 0.586. The normalized spacial score (nSPS) is 20.3. The Bertz CT molecular complexity index is 1250. The summed E-state index contributed by atoms with van der Waals surface area (Å²) in [5.74, 6) is 0.367. The summed E-state index contributed by atoms with van der Waals surface area (Å²) >= 11 is 6.96. The summed E-state index contributed by atoms with van der Waals surface area (Å²) in [6.45, 7) is 2.80. The number of thiocarbonyl (C=S) groups is 1. The van der Waals surface area contributed by atoms with Crippen LogP contribution in [0.4, 0.5) is 24.5 Å². The van der Waals surface area contributed by atoms with Crippen LogP contribution in [0.25, 0.3) is 0 Å². The first-order valence-corrected chi connectivity index (χ1v) is 11.8. The van der Waals surface area contributed by atoms with Crippen LogP contribution < -0.4 is 14.5 Å². The molecule has 2 heterocycles. The van der Waals surface area contributed by atoms with E-state index in [9.17, 15) is 23.1 Å². The van der Waals surface area contributed by atoms with E-state index in [1.807, 2.05) is 0 Å². The second-order valence-electron chi connectivity index (χ2n) is 8.51. The van der Waals surface area contributed by atoms with Gasteiger partial charge >= 0.3 is 6.18 Å². The molecule has 1 unspecified atom stereocenters. The van der Waals surface area contributed by atoms with Crippen molar-refractivity contribution in [2.75, 3.05) is 22.2 Å². The van der Waals surface area contributed by atoms with Crippen molar-refractivity contribution < 1.29 is 32.9 Å². The number of thioether (sulfide) groups is 1. The van der Waals surface area contributed by atoms with Crippen LogP contribution in [0.15, 0.2) is 41.3 Å². The topological polar surface area (TPSA) is 97.0 Å². The van der Waals surface area contributed by atoms with Crippen molar-refractivity contribution in [3.05, 3.63) is 47.5 Å². The van der Waals surface area contributed by atoms with Crippen molar-refractivity contribution in [1.29, 1.82) is 5.26 Å². The number of halogens is 3. The predicted molar refractivity (Wildman–Crippen MR) is 127 cm³/mol. The summed E-state index contributed by atoms with van der Waals surface area (Å²) < 4.78 is 46.3. The Morgan fingerprint density at radius 3 is 2.60 bits per heavy atom. The lowest BCUT2D eigenvalue weighted by atomic mass is 10.0. The number of alkyl halides is 3. The van der Waals surface area contributed by atoms with Crippen molar-refractivity contribution in [3.63, 3.8) is 0 Å². The van der Waals surface area contributed by atoms with Gasteiger partial charge in [-0.1, -0.05) is 0 Å². The third kappa shape index (κ3) is 4.33. The summed E-state index contributed by atoms with van der Waals surface area (Å²) in [7, 11) is 0. The number of anilines is 2. The standard InChI is InChI=1S/C23H20F3N3O4S2/c1-22(2)20(32)28(13-4-3-12(9-27)15(7-13)23(24,25)26)21(34)29(22)14-5-6-17-19(8-14)35-11-18(33-17)16(31)10-30/h3-8,16,18,30-31H,10-11H2,1-2H3/t16?,18-/m1/s1. The maximum Gasteiger partial charge on any atom is 0.417 e. The molecule has 2 atom stereocenters. The van der Waals surface area contributed by atoms with Crippen LogP contribution in [0.1, 0.15) is 25.0 Å². The van der Waals surface area contributed by atoms with E-state index in [0.29, 0.717) is 17.2 Å². The van der Waals surface area contributed by atoms with Crippen LogP contribution >= 0.6 is 24.0 Å². The molecule has 35 heavy (non-hydrogen) atoms. The summed E-state index contributed by atoms with van der Waals surface area (Å²) in [5.41, 5.74) is -2.46. The number of aliphatic hydroxyl groups excluding tert-OH is 2. The third-order valence-corrected chi connectivity index (χ3v) is 7.33. The fourth-order valence-corrected chi connectivity index (χ4v) is 5.60. The van der Waals surface area contributed by atoms with Crippen LogP contribution in [0.3, 0.4) is 0 Å². The van der Waals surface area contributed by atoms with Gasteiger partial charge in [0.25, 0.3) is 5.91 Å². The molecule has 12 heteroatoms. The lowest BCUT2D eigenvalue weighted by Crippen LogP contribution is -2.44. The average Bonchev–Trinajstić information content (AvgIpc) is 3.00. The number of ether oxygens (including phenoxy) is 1. The maximum atomic E-state index is 13.5. The fourth-order valence-electron chi connectivity index (χ4n) is 3.98. The van der Waals surface area contributed by atoms with Crippen molar-refractivity contribution in [3.8, 4) is 11.8 Å². The number of aliphatic hydroxyl groups is 2. The number of nitrogens with zero attached hydrogens (tertiary/aromatic N) is 3. The fraction of sp³-hybridized carbons (Fsp3) is 0.348. The number of nitriles is 1. The highest BCUT2D eigenvalue weighted by atomic mass is 32.2. The van der Waals surface area contributed by atoms with Crippen LogP contribution in [-0.4, -0.2) is 51.3 Å². The molecule has 0 radical (unpaired) electrons. The van der Waals surface area contributed by atoms with E-state index >= 15 is 0 Å². The van der Waals surface area contributed by atoms with Crippen molar-refractivity contribution in [2.24, 2.45) is 0 Å². The second kappa shape index (κ2) is 8.98. The average molecular weight is 524 g/mol. The van der Waals surface area contributed by atoms with E-state index in [-0.39, 0.29) is 10.8 Å². The summed E-state index contributed by atoms with van der Waals surface area (Å²) in [6.07, 6.45) is -6.39. The zero-order chi connectivity index (χ0) is 25.7. The first-order chi connectivity index (χ1) is 16.4. The number of amides is 1. The number of fused-ring (bicyclic) bond motifs is 1. The molecule has 1 fully saturated rings. The Balaban J connectivity index is 1.70. The molecular weight excluding hydrogens is 503 g/mol. The smallest absolute Gasteiger partial charge is 0.417 e. The molecule has 2 aromatic rings. The highest BCUT2D eigenvalue weighted by Gasteiger charge is 2.51. The maximum absolute atomic E-state index is 13.5. The number of hydrogen-bond acceptors (Lipinski definition) is 7. The van der Waals surface area contributed by atoms with E-state index in [1.165, 1.54) is 23.9 Å². The molecule has 1 amide bonds. The number of hydrogen-bond donors (Lipinski definition) is 2. The van der Waals surface area contributed by atoms with Gasteiger partial charge in [-0.25, -0.2) is 0 Å². The third-order valence-electron chi connectivity index (χ3n) is 5.84. The Morgan fingerprint density at radius 2 is 1.97 bits per heavy atom. The molecule has 4 rings (SSSR count). The van der Waals surface area contributed by atoms with Crippen molar-refractivity contribution >= 4 is 46.4 Å². The first-order valence-electron chi connectivity index (χ1n) is 10.4. The minimum absolute atomic E-state index is 0.00640. The summed E-state index contributed by atoms with van der Waals surface area (Å²) in [5, 5.41) is 28.1. The monoisotopic (exact) mass is 523 g/mol. The van der Waals surface area contributed by atoms with E-state index in [1.54, 1.807) is 36.9 Å². The summed E-state index contributed by atoms with van der Waals surface area (Å²) in [4.78, 5) is 16.7. The van der Waals surface area contributed by atoms with E-state index in [0.717, 1.165) is 21.9 Å². The zero-order valence-corrected chi connectivity index (χ0v) is 20.2. The van der Waals surface area contributed by atoms with E-state index in [4.69, 9.17) is 27.3 Å². The highest BCUT2D eigenvalue weighted by molar-refractivity contribution is 7.99. The summed E-state index contributed by atoms with van der Waals surface area (Å²) in [6, 6.07) is 9.64. The molecule has 0 bridgehead atoms. The molecular formula is C23H20F3N3O4S2. The van der Waals surface area contributed by atoms with Gasteiger partial charge in [-0.05, 0) is 62.5 Å². The van der Waals surface area contributed by atoms with E-state index < -0.39 is 47.6 Å². The number of rotatable bonds is 4. The first kappa shape index (κ1) is 25.2. The molecule has 2 aromatic carbocycles. The van der Waals surface area contributed by atoms with Crippen LogP contribution in [0, 0.1) is 11.3 Å². The molecule has 0 saturated carbocycles. The number of carbonyl (C=O) groups excluding carboxylic acids is 1. The largest absolute Gasteiger partial charge is 0.486 e. The molecule has 1 saturated heterocycles. The van der Waals surface area contributed by atoms with Crippen LogP contribution in [-0.2, 0) is 11.0 Å². The zero-order valence-electron chi connectivity index (χ0n) is 18.5. The molecule has 2 aliphatic heterocycles. The molecule has 7 nitrogen and oxygen atoms in total. The van der Waals surface area contributed by atoms with Gasteiger partial charge in [-0.2, -0.15) is 18.4 Å².